The van der Waals surface area contributed by atoms with Crippen molar-refractivity contribution in [2.75, 3.05) is 0 Å². The van der Waals surface area contributed by atoms with Crippen LogP contribution < -0.4 is 0 Å². The molecule has 0 spiro atoms. The molecule has 0 radical (unpaired) electrons. The summed E-state index contributed by atoms with van der Waals surface area (Å²) in [5, 5.41) is 0. The predicted octanol–water partition coefficient (Wildman–Crippen LogP) is 10.9. The van der Waals surface area contributed by atoms with Crippen LogP contribution in [-0.2, 0) is 0 Å². The van der Waals surface area contributed by atoms with Gasteiger partial charge in [0.05, 0.1) is 0 Å². The molecule has 1 heteroatoms. The van der Waals surface area contributed by atoms with E-state index in [4.69, 9.17) is 0 Å². The summed E-state index contributed by atoms with van der Waals surface area (Å²) in [6, 6.07) is 0. The second kappa shape index (κ2) is 21.0. The zero-order valence-electron chi connectivity index (χ0n) is 20.9. The van der Waals surface area contributed by atoms with Gasteiger partial charge in [0.1, 0.15) is 0 Å². The van der Waals surface area contributed by atoms with Gasteiger partial charge in [-0.05, 0) is 0 Å². The number of hydrogen-bond donors (Lipinski definition) is 0. The molecular formula is C27H58Sn. The SMILES string of the molecule is CCCCCCC[CH2][Sn]([CH2]CCCCCCC)([CH2]CCCCCCC)[CH](C)C. The summed E-state index contributed by atoms with van der Waals surface area (Å²) < 4.78 is 6.20. The Labute approximate surface area is 185 Å². The molecule has 0 rings (SSSR count). The van der Waals surface area contributed by atoms with Crippen LogP contribution in [0.1, 0.15) is 150 Å². The van der Waals surface area contributed by atoms with Gasteiger partial charge in [-0.3, -0.25) is 0 Å². The molecule has 0 bridgehead atoms. The first-order valence-electron chi connectivity index (χ1n) is 13.6. The maximum atomic E-state index is 2.63. The molecule has 0 heterocycles. The molecule has 0 fully saturated rings. The van der Waals surface area contributed by atoms with Gasteiger partial charge in [0.25, 0.3) is 0 Å². The Bertz CT molecular complexity index is 256. The molecule has 0 N–H and O–H groups in total. The number of hydrogen-bond acceptors (Lipinski definition) is 0. The molecule has 28 heavy (non-hydrogen) atoms. The summed E-state index contributed by atoms with van der Waals surface area (Å²) in [4.78, 5) is 0. The van der Waals surface area contributed by atoms with Crippen LogP contribution in [0.4, 0.5) is 0 Å². The summed E-state index contributed by atoms with van der Waals surface area (Å²) in [5.74, 6) is 0. The monoisotopic (exact) mass is 502 g/mol. The number of rotatable bonds is 22. The fourth-order valence-corrected chi connectivity index (χ4v) is 20.3. The topological polar surface area (TPSA) is 0 Å². The van der Waals surface area contributed by atoms with Crippen LogP contribution >= 0.6 is 0 Å². The molecule has 0 aliphatic carbocycles. The summed E-state index contributed by atoms with van der Waals surface area (Å²) in [7, 11) is 0. The molecule has 0 aliphatic rings. The average Bonchev–Trinajstić information content (AvgIpc) is 2.69. The van der Waals surface area contributed by atoms with Crippen LogP contribution in [0.15, 0.2) is 0 Å². The fourth-order valence-electron chi connectivity index (χ4n) is 5.01. The van der Waals surface area contributed by atoms with E-state index in [1.807, 2.05) is 0 Å². The second-order valence-electron chi connectivity index (χ2n) is 10.1. The van der Waals surface area contributed by atoms with Gasteiger partial charge in [0.2, 0.25) is 0 Å². The van der Waals surface area contributed by atoms with Crippen molar-refractivity contribution < 1.29 is 0 Å². The Morgan fingerprint density at radius 1 is 0.393 bits per heavy atom. The van der Waals surface area contributed by atoms with Gasteiger partial charge in [-0.25, -0.2) is 0 Å². The zero-order valence-corrected chi connectivity index (χ0v) is 23.8. The molecule has 0 saturated carbocycles. The molecule has 0 amide bonds. The van der Waals surface area contributed by atoms with Crippen molar-refractivity contribution in [2.24, 2.45) is 0 Å². The van der Waals surface area contributed by atoms with Crippen LogP contribution in [0.5, 0.6) is 0 Å². The third kappa shape index (κ3) is 15.6. The summed E-state index contributed by atoms with van der Waals surface area (Å²) in [6.07, 6.45) is 26.7. The van der Waals surface area contributed by atoms with E-state index in [0.717, 1.165) is 3.93 Å². The van der Waals surface area contributed by atoms with E-state index in [9.17, 15) is 0 Å². The van der Waals surface area contributed by atoms with Crippen LogP contribution in [0.25, 0.3) is 0 Å². The Morgan fingerprint density at radius 2 is 0.643 bits per heavy atom. The van der Waals surface area contributed by atoms with Crippen molar-refractivity contribution in [2.45, 2.75) is 167 Å². The molecule has 170 valence electrons. The van der Waals surface area contributed by atoms with Crippen molar-refractivity contribution in [3.8, 4) is 0 Å². The van der Waals surface area contributed by atoms with Crippen molar-refractivity contribution in [1.29, 1.82) is 0 Å². The number of unbranched alkanes of at least 4 members (excludes halogenated alkanes) is 15. The van der Waals surface area contributed by atoms with Gasteiger partial charge in [0.15, 0.2) is 0 Å². The molecule has 0 unspecified atom stereocenters. The van der Waals surface area contributed by atoms with Crippen LogP contribution in [-0.4, -0.2) is 18.4 Å². The zero-order chi connectivity index (χ0) is 20.9. The molecule has 0 nitrogen and oxygen atoms in total. The van der Waals surface area contributed by atoms with Crippen molar-refractivity contribution in [3.63, 3.8) is 0 Å². The maximum absolute atomic E-state index is 2.63. The van der Waals surface area contributed by atoms with E-state index in [1.54, 1.807) is 32.6 Å². The first kappa shape index (κ1) is 28.8. The Kier molecular flexibility index (Phi) is 21.6. The molecular weight excluding hydrogens is 443 g/mol. The van der Waals surface area contributed by atoms with E-state index in [2.05, 4.69) is 34.6 Å². The first-order valence-corrected chi connectivity index (χ1v) is 21.3. The fraction of sp³-hybridized carbons (Fsp3) is 1.00. The van der Waals surface area contributed by atoms with E-state index < -0.39 is 18.4 Å². The van der Waals surface area contributed by atoms with Gasteiger partial charge >= 0.3 is 186 Å². The van der Waals surface area contributed by atoms with Gasteiger partial charge in [-0.1, -0.05) is 0 Å². The van der Waals surface area contributed by atoms with Crippen molar-refractivity contribution >= 4 is 18.4 Å². The molecule has 0 atom stereocenters. The van der Waals surface area contributed by atoms with E-state index >= 15 is 0 Å². The Hall–Kier alpha value is 0.799. The van der Waals surface area contributed by atoms with Gasteiger partial charge in [0, 0.05) is 0 Å². The summed E-state index contributed by atoms with van der Waals surface area (Å²) >= 11 is -1.96. The molecule has 0 saturated heterocycles. The predicted molar refractivity (Wildman–Crippen MR) is 135 cm³/mol. The Balaban J connectivity index is 4.45. The third-order valence-corrected chi connectivity index (χ3v) is 25.9. The van der Waals surface area contributed by atoms with E-state index in [0.29, 0.717) is 0 Å². The quantitative estimate of drug-likeness (QED) is 0.102. The van der Waals surface area contributed by atoms with Crippen LogP contribution in [0.3, 0.4) is 0 Å². The molecule has 0 aliphatic heterocycles. The van der Waals surface area contributed by atoms with Gasteiger partial charge < -0.3 is 0 Å². The van der Waals surface area contributed by atoms with E-state index in [1.165, 1.54) is 96.3 Å². The molecule has 0 aromatic carbocycles. The first-order chi connectivity index (χ1) is 13.6. The summed E-state index contributed by atoms with van der Waals surface area (Å²) in [6.45, 7) is 12.3. The second-order valence-corrected chi connectivity index (χ2v) is 25.4. The average molecular weight is 501 g/mol. The van der Waals surface area contributed by atoms with Crippen molar-refractivity contribution in [1.82, 2.24) is 0 Å². The molecule has 0 aromatic heterocycles. The van der Waals surface area contributed by atoms with Crippen LogP contribution in [0.2, 0.25) is 17.2 Å². The van der Waals surface area contributed by atoms with Gasteiger partial charge in [-0.15, -0.1) is 0 Å². The summed E-state index contributed by atoms with van der Waals surface area (Å²) in [5.41, 5.74) is 0. The normalized spacial score (nSPS) is 12.2. The molecule has 0 aromatic rings. The van der Waals surface area contributed by atoms with Crippen LogP contribution in [0, 0.1) is 0 Å². The standard InChI is InChI=1S/3C8H17.C3H7.Sn/c3*1-3-5-7-8-6-4-2;1-3-2;/h3*1,3-8H2,2H3;3H,1-2H3;. The third-order valence-electron chi connectivity index (χ3n) is 7.31. The minimum absolute atomic E-state index is 1.07. The van der Waals surface area contributed by atoms with Gasteiger partial charge in [-0.2, -0.15) is 0 Å². The minimum atomic E-state index is -1.96. The van der Waals surface area contributed by atoms with Crippen molar-refractivity contribution in [3.05, 3.63) is 0 Å². The Morgan fingerprint density at radius 3 is 0.893 bits per heavy atom. The van der Waals surface area contributed by atoms with E-state index in [-0.39, 0.29) is 0 Å².